The number of rotatable bonds is 10. The molecule has 3 aromatic rings. The highest BCUT2D eigenvalue weighted by Gasteiger charge is 2.40. The minimum Gasteiger partial charge on any atom is -0.494 e. The number of aromatic hydroxyl groups is 2. The molecule has 7 nitrogen and oxygen atoms in total. The molecule has 2 atom stereocenters. The van der Waals surface area contributed by atoms with Crippen molar-refractivity contribution in [2.75, 3.05) is 13.2 Å². The molecule has 186 valence electrons. The summed E-state index contributed by atoms with van der Waals surface area (Å²) in [5.74, 6) is -0.594. The number of halogens is 1. The Morgan fingerprint density at radius 1 is 1.14 bits per heavy atom. The molecule has 8 heteroatoms. The first kappa shape index (κ1) is 24.9. The number of carbonyl (C=O) groups is 1. The fourth-order valence-corrected chi connectivity index (χ4v) is 5.21. The molecule has 0 radical (unpaired) electrons. The summed E-state index contributed by atoms with van der Waals surface area (Å²) < 4.78 is 7.26. The Labute approximate surface area is 210 Å². The summed E-state index contributed by atoms with van der Waals surface area (Å²) in [7, 11) is 0. The van der Waals surface area contributed by atoms with E-state index in [2.05, 4.69) is 17.9 Å². The lowest BCUT2D eigenvalue weighted by Crippen LogP contribution is -2.35. The Morgan fingerprint density at radius 2 is 1.89 bits per heavy atom. The molecule has 1 aliphatic carbocycles. The fourth-order valence-electron chi connectivity index (χ4n) is 5.01. The third-order valence-corrected chi connectivity index (χ3v) is 6.83. The van der Waals surface area contributed by atoms with Gasteiger partial charge in [-0.15, -0.1) is 0 Å². The highest BCUT2D eigenvalue weighted by Crippen LogP contribution is 2.42. The lowest BCUT2D eigenvalue weighted by atomic mass is 9.97. The van der Waals surface area contributed by atoms with Crippen molar-refractivity contribution in [3.63, 3.8) is 0 Å². The second kappa shape index (κ2) is 10.6. The van der Waals surface area contributed by atoms with Crippen LogP contribution in [0.5, 0.6) is 17.5 Å². The van der Waals surface area contributed by atoms with Crippen molar-refractivity contribution in [3.05, 3.63) is 75.8 Å². The van der Waals surface area contributed by atoms with Gasteiger partial charge in [-0.25, -0.2) is 0 Å². The number of benzene rings is 2. The van der Waals surface area contributed by atoms with Gasteiger partial charge in [-0.05, 0) is 66.8 Å². The van der Waals surface area contributed by atoms with Crippen LogP contribution in [0.3, 0.4) is 0 Å². The van der Waals surface area contributed by atoms with E-state index in [1.807, 2.05) is 37.3 Å². The molecule has 1 aliphatic rings. The molecule has 0 saturated heterocycles. The summed E-state index contributed by atoms with van der Waals surface area (Å²) in [6, 6.07) is 14.3. The number of aryl methyl sites for hydroxylation is 1. The molecule has 1 heterocycles. The van der Waals surface area contributed by atoms with Gasteiger partial charge in [0.05, 0.1) is 12.5 Å². The average molecular weight is 499 g/mol. The van der Waals surface area contributed by atoms with Gasteiger partial charge in [0.1, 0.15) is 12.4 Å². The maximum absolute atomic E-state index is 12.1. The van der Waals surface area contributed by atoms with Crippen LogP contribution in [0.4, 0.5) is 0 Å². The number of aromatic nitrogens is 1. The second-order valence-corrected chi connectivity index (χ2v) is 9.49. The SMILES string of the molecule is CCCN(Cc1ccc(OCCn2c(O)ccc2O)c(C)c1)C1c2ccc(Cl)cc2CC1C(=O)O. The molecule has 1 aromatic heterocycles. The lowest BCUT2D eigenvalue weighted by molar-refractivity contribution is -0.144. The first-order valence-corrected chi connectivity index (χ1v) is 12.2. The Kier molecular flexibility index (Phi) is 7.57. The number of nitrogens with zero attached hydrogens (tertiary/aromatic N) is 2. The van der Waals surface area contributed by atoms with Gasteiger partial charge >= 0.3 is 5.97 Å². The van der Waals surface area contributed by atoms with E-state index in [9.17, 15) is 20.1 Å². The normalized spacial score (nSPS) is 17.0. The van der Waals surface area contributed by atoms with Gasteiger partial charge in [0.2, 0.25) is 0 Å². The Bertz CT molecular complexity index is 1190. The van der Waals surface area contributed by atoms with Gasteiger partial charge in [-0.2, -0.15) is 0 Å². The summed E-state index contributed by atoms with van der Waals surface area (Å²) in [5, 5.41) is 30.1. The van der Waals surface area contributed by atoms with E-state index in [0.29, 0.717) is 31.1 Å². The monoisotopic (exact) mass is 498 g/mol. The molecule has 4 rings (SSSR count). The molecule has 2 unspecified atom stereocenters. The first-order valence-electron chi connectivity index (χ1n) is 11.8. The first-order chi connectivity index (χ1) is 16.8. The maximum Gasteiger partial charge on any atom is 0.308 e. The second-order valence-electron chi connectivity index (χ2n) is 9.06. The Hall–Kier alpha value is -3.16. The van der Waals surface area contributed by atoms with E-state index in [0.717, 1.165) is 41.0 Å². The lowest BCUT2D eigenvalue weighted by Gasteiger charge is -2.32. The molecule has 35 heavy (non-hydrogen) atoms. The Balaban J connectivity index is 1.49. The third kappa shape index (κ3) is 5.41. The summed E-state index contributed by atoms with van der Waals surface area (Å²) >= 11 is 6.18. The van der Waals surface area contributed by atoms with E-state index in [4.69, 9.17) is 16.3 Å². The zero-order valence-electron chi connectivity index (χ0n) is 19.9. The molecule has 0 saturated carbocycles. The van der Waals surface area contributed by atoms with Gasteiger partial charge in [-0.3, -0.25) is 14.3 Å². The number of carboxylic acid groups (broad SMARTS) is 1. The van der Waals surface area contributed by atoms with E-state index in [1.54, 1.807) is 0 Å². The van der Waals surface area contributed by atoms with Crippen LogP contribution in [0, 0.1) is 12.8 Å². The molecule has 0 spiro atoms. The van der Waals surface area contributed by atoms with Crippen LogP contribution in [-0.2, 0) is 24.3 Å². The molecule has 0 amide bonds. The average Bonchev–Trinajstić information content (AvgIpc) is 3.34. The summed E-state index contributed by atoms with van der Waals surface area (Å²) in [6.45, 7) is 6.08. The van der Waals surface area contributed by atoms with Crippen LogP contribution in [0.1, 0.15) is 41.6 Å². The molecule has 0 aliphatic heterocycles. The van der Waals surface area contributed by atoms with E-state index in [1.165, 1.54) is 16.7 Å². The number of hydrogen-bond acceptors (Lipinski definition) is 5. The highest BCUT2D eigenvalue weighted by molar-refractivity contribution is 6.30. The van der Waals surface area contributed by atoms with Crippen LogP contribution in [0.2, 0.25) is 5.02 Å². The smallest absolute Gasteiger partial charge is 0.308 e. The minimum absolute atomic E-state index is 0.00962. The highest BCUT2D eigenvalue weighted by atomic mass is 35.5. The zero-order chi connectivity index (χ0) is 25.1. The topological polar surface area (TPSA) is 95.2 Å². The quantitative estimate of drug-likeness (QED) is 0.358. The standard InChI is InChI=1S/C27H31ClN2O5/c1-3-10-29(26-21-6-5-20(28)14-19(21)15-22(26)27(33)34)16-18-4-7-23(17(2)13-18)35-12-11-30-24(31)8-9-25(30)32/h4-9,13-14,22,26,31-32H,3,10-12,15-16H2,1-2H3,(H,33,34). The summed E-state index contributed by atoms with van der Waals surface area (Å²) in [4.78, 5) is 14.4. The largest absolute Gasteiger partial charge is 0.494 e. The fraction of sp³-hybridized carbons (Fsp3) is 0.370. The third-order valence-electron chi connectivity index (χ3n) is 6.60. The van der Waals surface area contributed by atoms with E-state index < -0.39 is 11.9 Å². The molecule has 0 bridgehead atoms. The predicted octanol–water partition coefficient (Wildman–Crippen LogP) is 5.15. The van der Waals surface area contributed by atoms with Gasteiger partial charge in [0.15, 0.2) is 11.8 Å². The van der Waals surface area contributed by atoms with Gasteiger partial charge in [0, 0.05) is 29.7 Å². The zero-order valence-corrected chi connectivity index (χ0v) is 20.7. The number of hydrogen-bond donors (Lipinski definition) is 3. The molecular formula is C27H31ClN2O5. The van der Waals surface area contributed by atoms with Gasteiger partial charge < -0.3 is 20.1 Å². The van der Waals surface area contributed by atoms with Crippen LogP contribution < -0.4 is 4.74 Å². The van der Waals surface area contributed by atoms with Gasteiger partial charge in [0.25, 0.3) is 0 Å². The van der Waals surface area contributed by atoms with E-state index in [-0.39, 0.29) is 17.8 Å². The number of carboxylic acids is 1. The minimum atomic E-state index is -0.789. The van der Waals surface area contributed by atoms with Crippen molar-refractivity contribution in [2.45, 2.75) is 45.8 Å². The summed E-state index contributed by atoms with van der Waals surface area (Å²) in [6.07, 6.45) is 1.39. The van der Waals surface area contributed by atoms with Crippen molar-refractivity contribution in [1.82, 2.24) is 9.47 Å². The van der Waals surface area contributed by atoms with Crippen molar-refractivity contribution in [1.29, 1.82) is 0 Å². The van der Waals surface area contributed by atoms with Crippen molar-refractivity contribution >= 4 is 17.6 Å². The molecule has 3 N–H and O–H groups in total. The van der Waals surface area contributed by atoms with Gasteiger partial charge in [-0.1, -0.05) is 36.7 Å². The van der Waals surface area contributed by atoms with Crippen LogP contribution >= 0.6 is 11.6 Å². The van der Waals surface area contributed by atoms with Crippen LogP contribution in [0.15, 0.2) is 48.5 Å². The number of ether oxygens (including phenoxy) is 1. The van der Waals surface area contributed by atoms with Crippen molar-refractivity contribution in [2.24, 2.45) is 5.92 Å². The predicted molar refractivity (Wildman–Crippen MR) is 134 cm³/mol. The Morgan fingerprint density at radius 3 is 2.54 bits per heavy atom. The van der Waals surface area contributed by atoms with Crippen molar-refractivity contribution in [3.8, 4) is 17.5 Å². The van der Waals surface area contributed by atoms with Crippen molar-refractivity contribution < 1.29 is 24.9 Å². The summed E-state index contributed by atoms with van der Waals surface area (Å²) in [5.41, 5.74) is 4.10. The number of fused-ring (bicyclic) bond motifs is 1. The number of aliphatic carboxylic acids is 1. The van der Waals surface area contributed by atoms with E-state index >= 15 is 0 Å². The van der Waals surface area contributed by atoms with Crippen LogP contribution in [-0.4, -0.2) is 43.9 Å². The molecule has 2 aromatic carbocycles. The molecule has 0 fully saturated rings. The molecular weight excluding hydrogens is 468 g/mol. The maximum atomic E-state index is 12.1. The van der Waals surface area contributed by atoms with Crippen LogP contribution in [0.25, 0.3) is 0 Å².